The minimum atomic E-state index is -5.08. The van der Waals surface area contributed by atoms with Gasteiger partial charge in [0.15, 0.2) is 11.6 Å². The first-order valence-electron chi connectivity index (χ1n) is 9.43. The lowest BCUT2D eigenvalue weighted by Gasteiger charge is -2.27. The summed E-state index contributed by atoms with van der Waals surface area (Å²) in [4.78, 5) is 25.1. The number of alkyl halides is 3. The molecule has 3 rings (SSSR count). The van der Waals surface area contributed by atoms with Crippen LogP contribution < -0.4 is 20.7 Å². The third-order valence-electron chi connectivity index (χ3n) is 4.73. The van der Waals surface area contributed by atoms with Gasteiger partial charge in [0.1, 0.15) is 0 Å². The molecule has 168 valence electrons. The highest BCUT2D eigenvalue weighted by Gasteiger charge is 2.38. The van der Waals surface area contributed by atoms with Crippen molar-refractivity contribution in [2.75, 3.05) is 19.0 Å². The lowest BCUT2D eigenvalue weighted by Crippen LogP contribution is -2.40. The zero-order valence-electron chi connectivity index (χ0n) is 16.3. The van der Waals surface area contributed by atoms with E-state index >= 15 is 0 Å². The van der Waals surface area contributed by atoms with Gasteiger partial charge in [-0.3, -0.25) is 4.79 Å². The van der Waals surface area contributed by atoms with Crippen molar-refractivity contribution in [3.05, 3.63) is 17.4 Å². The lowest BCUT2D eigenvalue weighted by molar-refractivity contribution is -0.192. The van der Waals surface area contributed by atoms with E-state index < -0.39 is 18.0 Å². The van der Waals surface area contributed by atoms with Gasteiger partial charge in [0.25, 0.3) is 0 Å². The quantitative estimate of drug-likeness (QED) is 0.506. The van der Waals surface area contributed by atoms with Crippen LogP contribution in [0.15, 0.2) is 6.07 Å². The molecule has 2 heterocycles. The number of hydrogen-bond donors (Lipinski definition) is 4. The fraction of sp³-hybridized carbons (Fsp3) is 0.611. The largest absolute Gasteiger partial charge is 0.490 e. The van der Waals surface area contributed by atoms with E-state index in [1.54, 1.807) is 0 Å². The normalized spacial score (nSPS) is 18.6. The van der Waals surface area contributed by atoms with E-state index in [4.69, 9.17) is 14.6 Å². The van der Waals surface area contributed by atoms with Crippen LogP contribution in [0.5, 0.6) is 5.88 Å². The van der Waals surface area contributed by atoms with E-state index in [-0.39, 0.29) is 24.3 Å². The molecular weight excluding hydrogens is 412 g/mol. The fourth-order valence-corrected chi connectivity index (χ4v) is 2.87. The number of methoxy groups -OCH3 is 1. The van der Waals surface area contributed by atoms with Crippen molar-refractivity contribution in [1.82, 2.24) is 15.6 Å². The molecule has 1 amide bonds. The van der Waals surface area contributed by atoms with Gasteiger partial charge in [0.05, 0.1) is 13.2 Å². The fourth-order valence-electron chi connectivity index (χ4n) is 2.87. The Hall–Kier alpha value is -2.63. The number of ether oxygens (including phenoxy) is 1. The molecule has 0 unspecified atom stereocenters. The second kappa shape index (κ2) is 10.4. The third kappa shape index (κ3) is 6.71. The predicted molar refractivity (Wildman–Crippen MR) is 98.6 cm³/mol. The van der Waals surface area contributed by atoms with Crippen LogP contribution in [0.3, 0.4) is 0 Å². The lowest BCUT2D eigenvalue weighted by atomic mass is 9.93. The highest BCUT2D eigenvalue weighted by Crippen LogP contribution is 2.27. The molecule has 1 aromatic heterocycles. The topological polar surface area (TPSA) is 113 Å². The van der Waals surface area contributed by atoms with Crippen molar-refractivity contribution in [2.45, 2.75) is 56.9 Å². The van der Waals surface area contributed by atoms with Crippen molar-refractivity contribution >= 4 is 17.7 Å². The molecule has 2 aliphatic rings. The number of halogens is 4. The monoisotopic (exact) mass is 436 g/mol. The van der Waals surface area contributed by atoms with Gasteiger partial charge in [-0.1, -0.05) is 0 Å². The molecule has 4 N–H and O–H groups in total. The van der Waals surface area contributed by atoms with Crippen molar-refractivity contribution < 1.29 is 37.0 Å². The number of carbonyl (C=O) groups is 2. The van der Waals surface area contributed by atoms with Crippen LogP contribution in [0.2, 0.25) is 0 Å². The summed E-state index contributed by atoms with van der Waals surface area (Å²) >= 11 is 0. The van der Waals surface area contributed by atoms with Gasteiger partial charge >= 0.3 is 12.1 Å². The number of anilines is 1. The van der Waals surface area contributed by atoms with E-state index in [0.717, 1.165) is 38.6 Å². The number of carboxylic acid groups (broad SMARTS) is 1. The molecule has 1 atom stereocenters. The molecule has 0 aromatic carbocycles. The number of rotatable bonds is 6. The molecule has 12 heteroatoms. The van der Waals surface area contributed by atoms with Crippen LogP contribution in [-0.2, 0) is 16.1 Å². The first-order valence-corrected chi connectivity index (χ1v) is 9.43. The maximum atomic E-state index is 14.2. The third-order valence-corrected chi connectivity index (χ3v) is 4.73. The van der Waals surface area contributed by atoms with E-state index in [1.807, 2.05) is 0 Å². The Kier molecular flexibility index (Phi) is 8.21. The molecule has 2 fully saturated rings. The average Bonchev–Trinajstić information content (AvgIpc) is 3.18. The van der Waals surface area contributed by atoms with Gasteiger partial charge in [0.2, 0.25) is 11.8 Å². The number of hydrogen-bond acceptors (Lipinski definition) is 6. The maximum absolute atomic E-state index is 14.2. The number of pyridine rings is 1. The highest BCUT2D eigenvalue weighted by molar-refractivity contribution is 5.82. The summed E-state index contributed by atoms with van der Waals surface area (Å²) in [5.74, 6) is -2.68. The van der Waals surface area contributed by atoms with Gasteiger partial charge in [0, 0.05) is 18.2 Å². The predicted octanol–water partition coefficient (Wildman–Crippen LogP) is 2.20. The van der Waals surface area contributed by atoms with E-state index in [9.17, 15) is 22.4 Å². The van der Waals surface area contributed by atoms with Gasteiger partial charge in [-0.15, -0.1) is 0 Å². The van der Waals surface area contributed by atoms with Crippen LogP contribution in [0.25, 0.3) is 0 Å². The zero-order valence-corrected chi connectivity index (χ0v) is 16.3. The summed E-state index contributed by atoms with van der Waals surface area (Å²) < 4.78 is 51.2. The molecule has 1 saturated carbocycles. The second-order valence-corrected chi connectivity index (χ2v) is 6.93. The van der Waals surface area contributed by atoms with E-state index in [1.165, 1.54) is 13.2 Å². The molecule has 0 radical (unpaired) electrons. The standard InChI is InChI=1S/C16H23FN4O2.C2HF3O2/c1-23-16-10(9-19-15(22)13-6-3-7-18-13)8-12(17)14(21-16)20-11-4-2-5-11;3-2(4,5)1(6)7/h8,11,13,18H,2-7,9H2,1H3,(H,19,22)(H,20,21);(H,6,7)/t13-;/m0./s1. The molecule has 0 spiro atoms. The molecule has 8 nitrogen and oxygen atoms in total. The van der Waals surface area contributed by atoms with Gasteiger partial charge in [-0.25, -0.2) is 9.18 Å². The van der Waals surface area contributed by atoms with Crippen LogP contribution in [0, 0.1) is 5.82 Å². The number of carbonyl (C=O) groups excluding carboxylic acids is 1. The summed E-state index contributed by atoms with van der Waals surface area (Å²) in [5.41, 5.74) is 0.538. The van der Waals surface area contributed by atoms with E-state index in [0.29, 0.717) is 17.5 Å². The molecule has 30 heavy (non-hydrogen) atoms. The van der Waals surface area contributed by atoms with Crippen LogP contribution >= 0.6 is 0 Å². The van der Waals surface area contributed by atoms with Crippen molar-refractivity contribution in [3.63, 3.8) is 0 Å². The zero-order chi connectivity index (χ0) is 22.3. The smallest absolute Gasteiger partial charge is 0.481 e. The summed E-state index contributed by atoms with van der Waals surface area (Å²) in [6.45, 7) is 1.06. The summed E-state index contributed by atoms with van der Waals surface area (Å²) in [7, 11) is 1.50. The van der Waals surface area contributed by atoms with Crippen molar-refractivity contribution in [2.24, 2.45) is 0 Å². The number of amides is 1. The summed E-state index contributed by atoms with van der Waals surface area (Å²) in [6.07, 6.45) is -0.0139. The Morgan fingerprint density at radius 1 is 1.30 bits per heavy atom. The molecule has 0 bridgehead atoms. The Morgan fingerprint density at radius 2 is 1.97 bits per heavy atom. The van der Waals surface area contributed by atoms with Crippen LogP contribution in [-0.4, -0.2) is 53.9 Å². The molecule has 1 aliphatic carbocycles. The average molecular weight is 436 g/mol. The minimum absolute atomic E-state index is 0.0679. The van der Waals surface area contributed by atoms with Gasteiger partial charge in [-0.2, -0.15) is 18.2 Å². The minimum Gasteiger partial charge on any atom is -0.481 e. The Balaban J connectivity index is 0.000000396. The van der Waals surface area contributed by atoms with Crippen LogP contribution in [0.1, 0.15) is 37.7 Å². The van der Waals surface area contributed by atoms with Gasteiger partial charge < -0.3 is 25.8 Å². The molecule has 1 aromatic rings. The summed E-state index contributed by atoms with van der Waals surface area (Å²) in [5, 5.41) is 16.2. The van der Waals surface area contributed by atoms with Crippen molar-refractivity contribution in [3.8, 4) is 5.88 Å². The number of aliphatic carboxylic acids is 1. The van der Waals surface area contributed by atoms with Gasteiger partial charge in [-0.05, 0) is 44.7 Å². The molecule has 1 aliphatic heterocycles. The van der Waals surface area contributed by atoms with Crippen molar-refractivity contribution in [1.29, 1.82) is 0 Å². The second-order valence-electron chi connectivity index (χ2n) is 6.93. The Morgan fingerprint density at radius 3 is 2.43 bits per heavy atom. The molecular formula is C18H24F4N4O4. The van der Waals surface area contributed by atoms with E-state index in [2.05, 4.69) is 20.9 Å². The number of nitrogens with zero attached hydrogens (tertiary/aromatic N) is 1. The highest BCUT2D eigenvalue weighted by atomic mass is 19.4. The van der Waals surface area contributed by atoms with Crippen LogP contribution in [0.4, 0.5) is 23.4 Å². The first-order chi connectivity index (χ1) is 14.1. The Bertz CT molecular complexity index is 750. The Labute approximate surface area is 170 Å². The molecule has 1 saturated heterocycles. The number of nitrogens with one attached hydrogen (secondary N) is 3. The first kappa shape index (κ1) is 23.6. The number of aromatic nitrogens is 1. The maximum Gasteiger partial charge on any atom is 0.490 e. The number of carboxylic acids is 1. The summed E-state index contributed by atoms with van der Waals surface area (Å²) in [6, 6.07) is 1.52. The SMILES string of the molecule is COc1nc(NC2CCC2)c(F)cc1CNC(=O)[C@@H]1CCCN1.O=C(O)C(F)(F)F.